The molecule has 18 heavy (non-hydrogen) atoms. The van der Waals surface area contributed by atoms with E-state index in [-0.39, 0.29) is 13.2 Å². The molecular formula is C9H14O9. The summed E-state index contributed by atoms with van der Waals surface area (Å²) in [5.41, 5.74) is -3.05. The topological polar surface area (TPSA) is 151 Å². The maximum atomic E-state index is 10.8. The highest BCUT2D eigenvalue weighted by molar-refractivity contribution is 5.91. The van der Waals surface area contributed by atoms with E-state index in [1.165, 1.54) is 7.11 Å². The normalized spacial score (nSPS) is 15.7. The Morgan fingerprint density at radius 3 is 2.06 bits per heavy atom. The molecule has 104 valence electrons. The molecule has 2 atom stereocenters. The van der Waals surface area contributed by atoms with Crippen molar-refractivity contribution in [3.8, 4) is 0 Å². The van der Waals surface area contributed by atoms with Crippen molar-refractivity contribution in [1.82, 2.24) is 0 Å². The lowest BCUT2D eigenvalue weighted by Crippen LogP contribution is -2.56. The Labute approximate surface area is 102 Å². The Morgan fingerprint density at radius 2 is 1.72 bits per heavy atom. The van der Waals surface area contributed by atoms with Gasteiger partial charge in [-0.25, -0.2) is 9.59 Å². The maximum Gasteiger partial charge on any atom is 0.339 e. The Hall–Kier alpha value is -1.71. The van der Waals surface area contributed by atoms with Crippen LogP contribution < -0.4 is 0 Å². The van der Waals surface area contributed by atoms with Gasteiger partial charge in [-0.1, -0.05) is 0 Å². The summed E-state index contributed by atoms with van der Waals surface area (Å²) in [6.45, 7) is -0.338. The Bertz CT molecular complexity index is 326. The van der Waals surface area contributed by atoms with Crippen molar-refractivity contribution < 1.29 is 44.3 Å². The second kappa shape index (κ2) is 6.89. The van der Waals surface area contributed by atoms with E-state index < -0.39 is 36.0 Å². The number of hydrogen-bond donors (Lipinski definition) is 4. The minimum Gasteiger partial charge on any atom is -0.481 e. The lowest BCUT2D eigenvalue weighted by atomic mass is 9.92. The van der Waals surface area contributed by atoms with E-state index in [4.69, 9.17) is 15.3 Å². The molecular weight excluding hydrogens is 252 g/mol. The third-order valence-corrected chi connectivity index (χ3v) is 2.02. The molecule has 0 aliphatic rings. The summed E-state index contributed by atoms with van der Waals surface area (Å²) >= 11 is 0. The van der Waals surface area contributed by atoms with Gasteiger partial charge in [0.25, 0.3) is 0 Å². The van der Waals surface area contributed by atoms with Crippen LogP contribution in [0.1, 0.15) is 6.42 Å². The van der Waals surface area contributed by atoms with Gasteiger partial charge in [0.15, 0.2) is 6.10 Å². The van der Waals surface area contributed by atoms with Crippen LogP contribution in [0.4, 0.5) is 0 Å². The van der Waals surface area contributed by atoms with Crippen LogP contribution in [0, 0.1) is 0 Å². The summed E-state index contributed by atoms with van der Waals surface area (Å²) in [4.78, 5) is 32.2. The van der Waals surface area contributed by atoms with Crippen molar-refractivity contribution in [2.45, 2.75) is 18.1 Å². The molecule has 0 aliphatic carbocycles. The zero-order valence-corrected chi connectivity index (χ0v) is 9.53. The zero-order valence-electron chi connectivity index (χ0n) is 9.53. The molecule has 9 nitrogen and oxygen atoms in total. The average Bonchev–Trinajstić information content (AvgIpc) is 2.22. The maximum absolute atomic E-state index is 10.8. The molecule has 0 aromatic rings. The predicted molar refractivity (Wildman–Crippen MR) is 54.1 cm³/mol. The minimum atomic E-state index is -3.05. The van der Waals surface area contributed by atoms with E-state index in [2.05, 4.69) is 9.47 Å². The SMILES string of the molecule is COCCOC(C(=O)O)C(O)(CC(=O)O)C(=O)O. The first-order chi connectivity index (χ1) is 8.25. The predicted octanol–water partition coefficient (Wildman–Crippen LogP) is -1.61. The largest absolute Gasteiger partial charge is 0.481 e. The van der Waals surface area contributed by atoms with Gasteiger partial charge in [-0.05, 0) is 0 Å². The second-order valence-corrected chi connectivity index (χ2v) is 3.38. The van der Waals surface area contributed by atoms with Gasteiger partial charge in [-0.2, -0.15) is 0 Å². The molecule has 0 bridgehead atoms. The second-order valence-electron chi connectivity index (χ2n) is 3.38. The number of aliphatic hydroxyl groups is 1. The van der Waals surface area contributed by atoms with Gasteiger partial charge < -0.3 is 29.9 Å². The molecule has 4 N–H and O–H groups in total. The van der Waals surface area contributed by atoms with Gasteiger partial charge in [-0.15, -0.1) is 0 Å². The molecule has 0 amide bonds. The van der Waals surface area contributed by atoms with E-state index in [0.29, 0.717) is 0 Å². The van der Waals surface area contributed by atoms with Gasteiger partial charge in [0.05, 0.1) is 19.6 Å². The van der Waals surface area contributed by atoms with Crippen molar-refractivity contribution in [2.75, 3.05) is 20.3 Å². The highest BCUT2D eigenvalue weighted by atomic mass is 16.6. The van der Waals surface area contributed by atoms with E-state index in [1.807, 2.05) is 0 Å². The molecule has 0 aromatic carbocycles. The van der Waals surface area contributed by atoms with E-state index in [0.717, 1.165) is 0 Å². The van der Waals surface area contributed by atoms with Crippen LogP contribution in [0.5, 0.6) is 0 Å². The molecule has 0 rings (SSSR count). The molecule has 0 saturated heterocycles. The number of ether oxygens (including phenoxy) is 2. The van der Waals surface area contributed by atoms with E-state index >= 15 is 0 Å². The summed E-state index contributed by atoms with van der Waals surface area (Å²) in [5.74, 6) is -5.44. The lowest BCUT2D eigenvalue weighted by molar-refractivity contribution is -0.194. The fourth-order valence-electron chi connectivity index (χ4n) is 1.17. The number of carbonyl (C=O) groups is 3. The molecule has 9 heteroatoms. The van der Waals surface area contributed by atoms with Crippen molar-refractivity contribution in [3.05, 3.63) is 0 Å². The summed E-state index contributed by atoms with van der Waals surface area (Å²) in [6, 6.07) is 0. The van der Waals surface area contributed by atoms with Gasteiger partial charge >= 0.3 is 17.9 Å². The van der Waals surface area contributed by atoms with Crippen LogP contribution in [0.3, 0.4) is 0 Å². The number of hydrogen-bond acceptors (Lipinski definition) is 6. The molecule has 0 saturated carbocycles. The fourth-order valence-corrected chi connectivity index (χ4v) is 1.17. The monoisotopic (exact) mass is 266 g/mol. The van der Waals surface area contributed by atoms with Crippen LogP contribution in [-0.4, -0.2) is 70.4 Å². The fraction of sp³-hybridized carbons (Fsp3) is 0.667. The highest BCUT2D eigenvalue weighted by Crippen LogP contribution is 2.20. The van der Waals surface area contributed by atoms with Crippen LogP contribution in [0.15, 0.2) is 0 Å². The number of methoxy groups -OCH3 is 1. The first-order valence-corrected chi connectivity index (χ1v) is 4.76. The molecule has 0 fully saturated rings. The number of carboxylic acids is 3. The Kier molecular flexibility index (Phi) is 6.23. The highest BCUT2D eigenvalue weighted by Gasteiger charge is 2.51. The first kappa shape index (κ1) is 16.3. The number of carboxylic acid groups (broad SMARTS) is 3. The van der Waals surface area contributed by atoms with Gasteiger partial charge in [-0.3, -0.25) is 4.79 Å². The summed E-state index contributed by atoms with van der Waals surface area (Å²) in [6.07, 6.45) is -3.51. The molecule has 0 radical (unpaired) electrons. The average molecular weight is 266 g/mol. The molecule has 2 unspecified atom stereocenters. The van der Waals surface area contributed by atoms with E-state index in [1.54, 1.807) is 0 Å². The summed E-state index contributed by atoms with van der Waals surface area (Å²) < 4.78 is 9.22. The molecule has 0 aromatic heterocycles. The molecule has 0 heterocycles. The Balaban J connectivity index is 5.04. The van der Waals surface area contributed by atoms with Gasteiger partial charge in [0, 0.05) is 7.11 Å². The van der Waals surface area contributed by atoms with Crippen LogP contribution in [0.2, 0.25) is 0 Å². The van der Waals surface area contributed by atoms with Crippen molar-refractivity contribution in [1.29, 1.82) is 0 Å². The zero-order chi connectivity index (χ0) is 14.3. The standard InChI is InChI=1S/C9H14O9/c1-17-2-3-18-6(7(12)13)9(16,8(14)15)4-5(10)11/h6,16H,2-4H2,1H3,(H,10,11)(H,12,13)(H,14,15). The van der Waals surface area contributed by atoms with Gasteiger partial charge in [0.2, 0.25) is 5.60 Å². The minimum absolute atomic E-state index is 0.0352. The Morgan fingerprint density at radius 1 is 1.17 bits per heavy atom. The van der Waals surface area contributed by atoms with Gasteiger partial charge in [0.1, 0.15) is 0 Å². The van der Waals surface area contributed by atoms with E-state index in [9.17, 15) is 19.5 Å². The van der Waals surface area contributed by atoms with Crippen molar-refractivity contribution >= 4 is 17.9 Å². The first-order valence-electron chi connectivity index (χ1n) is 4.76. The summed E-state index contributed by atoms with van der Waals surface area (Å²) in [7, 11) is 1.31. The van der Waals surface area contributed by atoms with Crippen LogP contribution in [0.25, 0.3) is 0 Å². The lowest BCUT2D eigenvalue weighted by Gasteiger charge is -2.27. The molecule has 0 spiro atoms. The molecule has 0 aliphatic heterocycles. The van der Waals surface area contributed by atoms with Crippen LogP contribution >= 0.6 is 0 Å². The quantitative estimate of drug-likeness (QED) is 0.361. The number of rotatable bonds is 9. The third kappa shape index (κ3) is 4.28. The third-order valence-electron chi connectivity index (χ3n) is 2.02. The van der Waals surface area contributed by atoms with Crippen molar-refractivity contribution in [3.63, 3.8) is 0 Å². The van der Waals surface area contributed by atoms with Crippen LogP contribution in [-0.2, 0) is 23.9 Å². The van der Waals surface area contributed by atoms with Crippen molar-refractivity contribution in [2.24, 2.45) is 0 Å². The summed E-state index contributed by atoms with van der Waals surface area (Å²) in [5, 5.41) is 35.7. The number of aliphatic carboxylic acids is 3. The smallest absolute Gasteiger partial charge is 0.339 e.